The van der Waals surface area contributed by atoms with Crippen LogP contribution in [0.5, 0.6) is 0 Å². The summed E-state index contributed by atoms with van der Waals surface area (Å²) in [5.74, 6) is -1.78. The lowest BCUT2D eigenvalue weighted by atomic mass is 9.88. The van der Waals surface area contributed by atoms with Crippen LogP contribution in [-0.4, -0.2) is 63.4 Å². The fraction of sp³-hybridized carbons (Fsp3) is 0.526. The number of halogens is 6. The molecule has 1 aliphatic rings. The van der Waals surface area contributed by atoms with Gasteiger partial charge in [-0.1, -0.05) is 34.8 Å². The summed E-state index contributed by atoms with van der Waals surface area (Å²) in [7, 11) is 0. The van der Waals surface area contributed by atoms with E-state index in [4.69, 9.17) is 44.3 Å². The van der Waals surface area contributed by atoms with Crippen LogP contribution in [0.15, 0.2) is 23.2 Å². The van der Waals surface area contributed by atoms with Gasteiger partial charge in [0.15, 0.2) is 5.54 Å². The molecule has 0 bridgehead atoms. The zero-order chi connectivity index (χ0) is 26.8. The number of nitro groups is 1. The Balaban J connectivity index is 2.58. The first kappa shape index (κ1) is 28.7. The third kappa shape index (κ3) is 7.74. The summed E-state index contributed by atoms with van der Waals surface area (Å²) in [4.78, 5) is 39.6. The smallest absolute Gasteiger partial charge is 0.413 e. The summed E-state index contributed by atoms with van der Waals surface area (Å²) >= 11 is 16.6. The van der Waals surface area contributed by atoms with Crippen LogP contribution in [0, 0.1) is 15.9 Å². The number of aliphatic imine (C=N–C) groups is 1. The molecular formula is C19H20Cl3F3N4O6. The van der Waals surface area contributed by atoms with Gasteiger partial charge in [0.1, 0.15) is 23.9 Å². The van der Waals surface area contributed by atoms with Crippen molar-refractivity contribution in [2.24, 2.45) is 4.99 Å². The van der Waals surface area contributed by atoms with Gasteiger partial charge in [0.05, 0.1) is 18.0 Å². The predicted octanol–water partition coefficient (Wildman–Crippen LogP) is 4.94. The molecule has 0 saturated heterocycles. The number of ether oxygens (including phenoxy) is 2. The van der Waals surface area contributed by atoms with E-state index in [-0.39, 0.29) is 0 Å². The molecule has 0 spiro atoms. The van der Waals surface area contributed by atoms with E-state index in [0.29, 0.717) is 17.0 Å². The second-order valence-corrected chi connectivity index (χ2v) is 10.9. The number of rotatable bonds is 4. The van der Waals surface area contributed by atoms with Gasteiger partial charge in [-0.25, -0.2) is 22.8 Å². The highest BCUT2D eigenvalue weighted by Gasteiger charge is 2.50. The van der Waals surface area contributed by atoms with Crippen molar-refractivity contribution in [2.75, 3.05) is 19.7 Å². The number of carbonyl (C=O) groups is 2. The second kappa shape index (κ2) is 10.6. The van der Waals surface area contributed by atoms with Gasteiger partial charge in [-0.15, -0.1) is 0 Å². The summed E-state index contributed by atoms with van der Waals surface area (Å²) in [5.41, 5.74) is -5.43. The van der Waals surface area contributed by atoms with Crippen molar-refractivity contribution in [3.05, 3.63) is 39.7 Å². The maximum atomic E-state index is 14.7. The van der Waals surface area contributed by atoms with E-state index in [1.807, 2.05) is 0 Å². The second-order valence-electron chi connectivity index (χ2n) is 8.36. The van der Waals surface area contributed by atoms with Crippen LogP contribution in [0.1, 0.15) is 26.3 Å². The Hall–Kier alpha value is -2.51. The van der Waals surface area contributed by atoms with Crippen molar-refractivity contribution < 1.29 is 37.2 Å². The number of hydrogen-bond acceptors (Lipinski definition) is 7. The number of nitrogens with one attached hydrogen (secondary N) is 1. The molecular weight excluding hydrogens is 544 g/mol. The summed E-state index contributed by atoms with van der Waals surface area (Å²) < 4.78 is 51.7. The van der Waals surface area contributed by atoms with Crippen LogP contribution in [0.2, 0.25) is 0 Å². The van der Waals surface area contributed by atoms with E-state index in [1.165, 1.54) is 20.8 Å². The molecule has 1 heterocycles. The molecule has 1 atom stereocenters. The molecule has 194 valence electrons. The van der Waals surface area contributed by atoms with Gasteiger partial charge < -0.3 is 9.47 Å². The lowest BCUT2D eigenvalue weighted by Gasteiger charge is -2.39. The first-order valence-electron chi connectivity index (χ1n) is 9.73. The van der Waals surface area contributed by atoms with Gasteiger partial charge in [0, 0.05) is 17.7 Å². The fourth-order valence-electron chi connectivity index (χ4n) is 3.03. The average Bonchev–Trinajstić information content (AvgIpc) is 2.69. The zero-order valence-corrected chi connectivity index (χ0v) is 20.8. The molecule has 0 saturated carbocycles. The summed E-state index contributed by atoms with van der Waals surface area (Å²) in [5, 5.41) is 13.3. The number of alkyl carbamates (subject to hydrolysis) is 1. The number of non-ortho nitro benzene ring substituents is 1. The molecule has 0 radical (unpaired) electrons. The topological polar surface area (TPSA) is 123 Å². The maximum absolute atomic E-state index is 14.7. The Labute approximate surface area is 212 Å². The first-order chi connectivity index (χ1) is 15.9. The van der Waals surface area contributed by atoms with Gasteiger partial charge in [-0.05, 0) is 26.8 Å². The standard InChI is InChI=1S/C19H20Cl3F3N4O6/c1-17(2,3)35-15(30)26-13-7-28(16(31)34-9-19(20,21)22)8-18(27-13,14(24)25)11-6-10(29(32)33)4-5-12(11)23/h4-6,14H,7-9H2,1-3H3,(H,26,27,30). The molecule has 1 aliphatic heterocycles. The Kier molecular flexibility index (Phi) is 8.72. The molecule has 35 heavy (non-hydrogen) atoms. The van der Waals surface area contributed by atoms with Crippen LogP contribution in [0.25, 0.3) is 0 Å². The van der Waals surface area contributed by atoms with E-state index in [1.54, 1.807) is 0 Å². The molecule has 1 unspecified atom stereocenters. The summed E-state index contributed by atoms with van der Waals surface area (Å²) in [6.45, 7) is 2.29. The minimum atomic E-state index is -3.50. The fourth-order valence-corrected chi connectivity index (χ4v) is 3.20. The highest BCUT2D eigenvalue weighted by molar-refractivity contribution is 6.67. The van der Waals surface area contributed by atoms with Crippen LogP contribution in [-0.2, 0) is 15.0 Å². The molecule has 16 heteroatoms. The number of nitrogens with zero attached hydrogens (tertiary/aromatic N) is 3. The zero-order valence-electron chi connectivity index (χ0n) is 18.5. The number of nitro benzene ring substituents is 1. The first-order valence-corrected chi connectivity index (χ1v) is 10.9. The van der Waals surface area contributed by atoms with Crippen LogP contribution >= 0.6 is 34.8 Å². The van der Waals surface area contributed by atoms with Gasteiger partial charge >= 0.3 is 12.2 Å². The van der Waals surface area contributed by atoms with Crippen LogP contribution < -0.4 is 5.32 Å². The lowest BCUT2D eigenvalue weighted by Crippen LogP contribution is -2.57. The minimum Gasteiger partial charge on any atom is -0.445 e. The minimum absolute atomic E-state index is 0.525. The van der Waals surface area contributed by atoms with Gasteiger partial charge in [0.2, 0.25) is 3.79 Å². The van der Waals surface area contributed by atoms with Crippen LogP contribution in [0.4, 0.5) is 28.4 Å². The molecule has 10 nitrogen and oxygen atoms in total. The van der Waals surface area contributed by atoms with Crippen molar-refractivity contribution in [1.82, 2.24) is 10.2 Å². The van der Waals surface area contributed by atoms with Crippen molar-refractivity contribution in [3.8, 4) is 0 Å². The van der Waals surface area contributed by atoms with Crippen molar-refractivity contribution in [2.45, 2.75) is 42.1 Å². The SMILES string of the molecule is CC(C)(C)OC(=O)NC1=NC(c2cc([N+](=O)[O-])ccc2F)(C(F)F)CN(C(=O)OCC(Cl)(Cl)Cl)C1. The quantitative estimate of drug-likeness (QED) is 0.314. The molecule has 0 fully saturated rings. The average molecular weight is 564 g/mol. The van der Waals surface area contributed by atoms with Gasteiger partial charge in [-0.2, -0.15) is 0 Å². The Morgan fingerprint density at radius 3 is 2.46 bits per heavy atom. The summed E-state index contributed by atoms with van der Waals surface area (Å²) in [6, 6.07) is 1.97. The molecule has 2 rings (SSSR count). The number of carbonyl (C=O) groups excluding carboxylic acids is 2. The van der Waals surface area contributed by atoms with Crippen molar-refractivity contribution >= 4 is 58.5 Å². The van der Waals surface area contributed by atoms with E-state index >= 15 is 0 Å². The third-order valence-electron chi connectivity index (χ3n) is 4.36. The normalized spacial score (nSPS) is 18.7. The molecule has 0 aliphatic carbocycles. The largest absolute Gasteiger partial charge is 0.445 e. The molecule has 1 aromatic rings. The van der Waals surface area contributed by atoms with Crippen molar-refractivity contribution in [1.29, 1.82) is 0 Å². The number of benzene rings is 1. The third-order valence-corrected chi connectivity index (χ3v) is 4.69. The highest BCUT2D eigenvalue weighted by atomic mass is 35.6. The van der Waals surface area contributed by atoms with Crippen molar-refractivity contribution in [3.63, 3.8) is 0 Å². The lowest BCUT2D eigenvalue weighted by molar-refractivity contribution is -0.385. The number of amidine groups is 1. The number of hydrogen-bond donors (Lipinski definition) is 1. The maximum Gasteiger partial charge on any atom is 0.413 e. The van der Waals surface area contributed by atoms with Crippen LogP contribution in [0.3, 0.4) is 0 Å². The monoisotopic (exact) mass is 562 g/mol. The van der Waals surface area contributed by atoms with Gasteiger partial charge in [-0.3, -0.25) is 25.3 Å². The molecule has 0 aromatic heterocycles. The summed E-state index contributed by atoms with van der Waals surface area (Å²) in [6.07, 6.45) is -5.86. The van der Waals surface area contributed by atoms with E-state index < -0.39 is 81.1 Å². The van der Waals surface area contributed by atoms with E-state index in [2.05, 4.69) is 10.3 Å². The molecule has 1 N–H and O–H groups in total. The number of amides is 2. The van der Waals surface area contributed by atoms with E-state index in [0.717, 1.165) is 6.07 Å². The van der Waals surface area contributed by atoms with Gasteiger partial charge in [0.25, 0.3) is 12.1 Å². The predicted molar refractivity (Wildman–Crippen MR) is 121 cm³/mol. The number of alkyl halides is 5. The van der Waals surface area contributed by atoms with E-state index in [9.17, 15) is 32.9 Å². The Bertz CT molecular complexity index is 1030. The Morgan fingerprint density at radius 2 is 1.94 bits per heavy atom. The Morgan fingerprint density at radius 1 is 1.31 bits per heavy atom. The molecule has 2 amide bonds. The molecule has 1 aromatic carbocycles. The highest BCUT2D eigenvalue weighted by Crippen LogP contribution is 2.39.